The minimum atomic E-state index is -6.20. The van der Waals surface area contributed by atoms with Gasteiger partial charge < -0.3 is 48.7 Å². The van der Waals surface area contributed by atoms with Crippen LogP contribution in [0.1, 0.15) is 6.92 Å². The first-order chi connectivity index (χ1) is 20.9. The molecule has 0 radical (unpaired) electrons. The molecule has 46 heavy (non-hydrogen) atoms. The van der Waals surface area contributed by atoms with Crippen molar-refractivity contribution < 1.29 is 108 Å². The number of hydrogen-bond acceptors (Lipinski definition) is 16. The molecule has 2 aliphatic heterocycles. The number of amides is 3. The van der Waals surface area contributed by atoms with Crippen LogP contribution < -0.4 is 14.6 Å². The van der Waals surface area contributed by atoms with Gasteiger partial charge in [0.05, 0.1) is 19.3 Å². The molecule has 5 unspecified atom stereocenters. The Bertz CT molecular complexity index is 1600. The van der Waals surface area contributed by atoms with Crippen LogP contribution in [0.5, 0.6) is 11.5 Å². The Hall–Kier alpha value is -1.71. The van der Waals surface area contributed by atoms with Crippen molar-refractivity contribution in [1.29, 1.82) is 0 Å². The molecule has 3 rings (SSSR count). The lowest BCUT2D eigenvalue weighted by atomic mass is 10.1. The first-order valence-electron chi connectivity index (χ1n) is 12.0. The van der Waals surface area contributed by atoms with Gasteiger partial charge in [0.2, 0.25) is 6.23 Å². The summed E-state index contributed by atoms with van der Waals surface area (Å²) in [5.41, 5.74) is 0. The van der Waals surface area contributed by atoms with E-state index in [9.17, 15) is 57.3 Å². The Kier molecular flexibility index (Phi) is 11.8. The lowest BCUT2D eigenvalue weighted by Crippen LogP contribution is -2.63. The van der Waals surface area contributed by atoms with Crippen LogP contribution in [-0.4, -0.2) is 93.5 Å². The van der Waals surface area contributed by atoms with Crippen LogP contribution >= 0.6 is 39.0 Å². The van der Waals surface area contributed by atoms with Gasteiger partial charge in [-0.15, -0.1) is 0 Å². The van der Waals surface area contributed by atoms with E-state index in [1.54, 1.807) is 12.2 Å². The quantitative estimate of drug-likeness (QED) is 0.106. The second-order valence-corrected chi connectivity index (χ2v) is 16.7. The summed E-state index contributed by atoms with van der Waals surface area (Å²) in [5.74, 6) is -1.05. The standard InChI is InChI=1S/C17H25N2O22P5/c1-2-35-10-3-5-11(6-4-10)38-42(24,25)19(8-7-13(20)18-17(19)23)16-15(22)14(21)12(37-16)9-36-44(29,30)40-46(33,34)41-45(31,32)39-43(26,27)28/h3-8,12,14-16,21-22H,2,9H2,1H3,(H6-,18,20,23,24,25,26,27,28,29,30,31,32,33,34)/p+1/t12-,14-,15-,16-,19?/m1/s1. The average Bonchev–Trinajstić information content (AvgIpc) is 3.15. The molecule has 1 fully saturated rings. The minimum absolute atomic E-state index is 0.284. The van der Waals surface area contributed by atoms with Gasteiger partial charge in [-0.25, -0.2) is 28.4 Å². The van der Waals surface area contributed by atoms with Crippen LogP contribution in [0, 0.1) is 0 Å². The molecule has 0 saturated carbocycles. The smallest absolute Gasteiger partial charge is 0.494 e. The van der Waals surface area contributed by atoms with Crippen molar-refractivity contribution in [1.82, 2.24) is 5.32 Å². The first-order valence-corrected chi connectivity index (χ1v) is 19.5. The lowest BCUT2D eigenvalue weighted by Gasteiger charge is -2.38. The number of benzene rings is 1. The normalized spacial score (nSPS) is 30.4. The highest BCUT2D eigenvalue weighted by molar-refractivity contribution is 7.69. The number of quaternary nitrogens is 1. The lowest BCUT2D eigenvalue weighted by molar-refractivity contribution is -0.752. The first kappa shape index (κ1) is 38.7. The number of rotatable bonds is 15. The molecule has 0 aromatic heterocycles. The summed E-state index contributed by atoms with van der Waals surface area (Å²) < 4.78 is 88.4. The molecule has 9 N–H and O–H groups in total. The molecule has 1 saturated heterocycles. The average molecular weight is 765 g/mol. The molecule has 260 valence electrons. The Morgan fingerprint density at radius 2 is 1.37 bits per heavy atom. The number of aliphatic hydroxyl groups is 2. The fourth-order valence-corrected chi connectivity index (χ4v) is 9.79. The fourth-order valence-electron chi connectivity index (χ4n) is 3.81. The molecule has 1 aromatic rings. The number of phosphoric acid groups is 4. The Labute approximate surface area is 256 Å². The molecule has 24 nitrogen and oxygen atoms in total. The zero-order valence-corrected chi connectivity index (χ0v) is 27.1. The monoisotopic (exact) mass is 765 g/mol. The highest BCUT2D eigenvalue weighted by Crippen LogP contribution is 2.70. The molecule has 0 aliphatic carbocycles. The number of urea groups is 1. The van der Waals surface area contributed by atoms with Gasteiger partial charge in [0.25, 0.3) is 5.91 Å². The molecule has 1 aromatic carbocycles. The highest BCUT2D eigenvalue weighted by Gasteiger charge is 2.68. The third-order valence-corrected chi connectivity index (χ3v) is 12.8. The Balaban J connectivity index is 1.82. The van der Waals surface area contributed by atoms with Crippen LogP contribution in [0.4, 0.5) is 4.79 Å². The number of phosphoric ester groups is 1. The molecule has 0 bridgehead atoms. The molecule has 2 aliphatic rings. The highest BCUT2D eigenvalue weighted by atomic mass is 31.3. The van der Waals surface area contributed by atoms with E-state index in [1.165, 1.54) is 24.3 Å². The van der Waals surface area contributed by atoms with Gasteiger partial charge in [0, 0.05) is 0 Å². The third-order valence-electron chi connectivity index (χ3n) is 5.54. The van der Waals surface area contributed by atoms with Crippen molar-refractivity contribution in [2.45, 2.75) is 31.5 Å². The number of imide groups is 1. The van der Waals surface area contributed by atoms with Crippen LogP contribution in [-0.2, 0) is 49.8 Å². The second kappa shape index (κ2) is 14.0. The summed E-state index contributed by atoms with van der Waals surface area (Å²) in [4.78, 5) is 81.4. The summed E-state index contributed by atoms with van der Waals surface area (Å²) in [6.07, 6.45) is -7.77. The molecule has 29 heteroatoms. The minimum Gasteiger partial charge on any atom is -0.494 e. The van der Waals surface area contributed by atoms with Crippen molar-refractivity contribution in [3.05, 3.63) is 36.5 Å². The maximum Gasteiger partial charge on any atom is 0.600 e. The number of nitrogens with zero attached hydrogens (tertiary/aromatic N) is 1. The summed E-state index contributed by atoms with van der Waals surface area (Å²) in [5, 5.41) is 23.0. The number of carbonyl (C=O) groups is 2. The van der Waals surface area contributed by atoms with Crippen molar-refractivity contribution in [2.24, 2.45) is 0 Å². The van der Waals surface area contributed by atoms with Gasteiger partial charge in [-0.1, -0.05) is 4.25 Å². The van der Waals surface area contributed by atoms with E-state index in [2.05, 4.69) is 17.5 Å². The largest absolute Gasteiger partial charge is 0.600 e. The topological polar surface area (TPSA) is 358 Å². The maximum absolute atomic E-state index is 13.7. The Morgan fingerprint density at radius 3 is 1.91 bits per heavy atom. The van der Waals surface area contributed by atoms with Crippen molar-refractivity contribution in [3.8, 4) is 11.5 Å². The van der Waals surface area contributed by atoms with E-state index >= 15 is 0 Å². The summed E-state index contributed by atoms with van der Waals surface area (Å²) in [7, 11) is -29.5. The third kappa shape index (κ3) is 9.46. The van der Waals surface area contributed by atoms with Gasteiger partial charge >= 0.3 is 45.1 Å². The zero-order chi connectivity index (χ0) is 34.9. The van der Waals surface area contributed by atoms with Gasteiger partial charge in [-0.3, -0.25) is 14.2 Å². The van der Waals surface area contributed by atoms with E-state index < -0.39 is 86.4 Å². The van der Waals surface area contributed by atoms with Gasteiger partial charge in [-0.05, 0) is 31.2 Å². The maximum atomic E-state index is 13.7. The van der Waals surface area contributed by atoms with E-state index in [-0.39, 0.29) is 12.4 Å². The zero-order valence-electron chi connectivity index (χ0n) is 22.7. The number of nitrogens with one attached hydrogen (secondary N) is 1. The fraction of sp³-hybridized carbons (Fsp3) is 0.412. The van der Waals surface area contributed by atoms with E-state index in [4.69, 9.17) is 28.7 Å². The number of aliphatic hydroxyl groups excluding tert-OH is 2. The van der Waals surface area contributed by atoms with E-state index in [0.717, 1.165) is 0 Å². The van der Waals surface area contributed by atoms with Crippen molar-refractivity contribution >= 4 is 51.0 Å². The van der Waals surface area contributed by atoms with E-state index in [1.807, 2.05) is 0 Å². The molecule has 2 heterocycles. The van der Waals surface area contributed by atoms with Gasteiger partial charge in [-0.2, -0.15) is 17.5 Å². The molecular weight excluding hydrogens is 739 g/mol. The Morgan fingerprint density at radius 1 is 0.826 bits per heavy atom. The van der Waals surface area contributed by atoms with Crippen LogP contribution in [0.2, 0.25) is 0 Å². The van der Waals surface area contributed by atoms with Gasteiger partial charge in [0.15, 0.2) is 6.10 Å². The molecule has 3 amide bonds. The molecule has 0 spiro atoms. The number of hydrogen-bond donors (Lipinski definition) is 9. The second-order valence-electron chi connectivity index (χ2n) is 8.82. The number of carbonyl (C=O) groups excluding carboxylic acids is 2. The van der Waals surface area contributed by atoms with Crippen LogP contribution in [0.3, 0.4) is 0 Å². The van der Waals surface area contributed by atoms with Crippen LogP contribution in [0.25, 0.3) is 0 Å². The molecular formula is C17H26N2O22P5+. The van der Waals surface area contributed by atoms with Crippen molar-refractivity contribution in [3.63, 3.8) is 0 Å². The van der Waals surface area contributed by atoms with Crippen molar-refractivity contribution in [2.75, 3.05) is 13.2 Å². The van der Waals surface area contributed by atoms with Crippen LogP contribution in [0.15, 0.2) is 36.5 Å². The predicted octanol–water partition coefficient (Wildman–Crippen LogP) is 0.0518. The molecule has 9 atom stereocenters. The SMILES string of the molecule is CCOc1ccc(OP(=O)(O)[N+]2([C@@H]3O[C@H](COP(=O)(O)OP(=O)(O)OP(=O)(O)OP(=O)(O)O)[C@@H](O)[C@H]3O)C=CC(=O)NC2=O)cc1. The summed E-state index contributed by atoms with van der Waals surface area (Å²) in [6.45, 7) is 0.585. The number of ether oxygens (including phenoxy) is 2. The van der Waals surface area contributed by atoms with E-state index in [0.29, 0.717) is 18.0 Å². The summed E-state index contributed by atoms with van der Waals surface area (Å²) >= 11 is 0. The van der Waals surface area contributed by atoms with Gasteiger partial charge in [0.1, 0.15) is 29.9 Å². The predicted molar refractivity (Wildman–Crippen MR) is 142 cm³/mol. The summed E-state index contributed by atoms with van der Waals surface area (Å²) in [6, 6.07) is 3.44.